The highest BCUT2D eigenvalue weighted by atomic mass is 32.2. The molecule has 9 nitrogen and oxygen atoms in total. The maximum Gasteiger partial charge on any atom is 0.269 e. The molecule has 0 spiro atoms. The van der Waals surface area contributed by atoms with Crippen molar-refractivity contribution in [2.45, 2.75) is 11.7 Å². The number of methoxy groups -OCH3 is 1. The number of benzene rings is 2. The van der Waals surface area contributed by atoms with E-state index in [9.17, 15) is 14.9 Å². The number of aromatic nitrogens is 3. The Hall–Kier alpha value is -3.66. The number of thioether (sulfide) groups is 1. The summed E-state index contributed by atoms with van der Waals surface area (Å²) < 4.78 is 7.05. The summed E-state index contributed by atoms with van der Waals surface area (Å²) in [6.07, 6.45) is 1.73. The van der Waals surface area contributed by atoms with E-state index in [0.717, 1.165) is 11.3 Å². The summed E-state index contributed by atoms with van der Waals surface area (Å²) >= 11 is 1.24. The molecule has 0 aliphatic heterocycles. The van der Waals surface area contributed by atoms with Crippen molar-refractivity contribution in [3.8, 4) is 17.1 Å². The number of hydrogen-bond acceptors (Lipinski definition) is 7. The maximum absolute atomic E-state index is 12.3. The van der Waals surface area contributed by atoms with Crippen LogP contribution in [0.4, 0.5) is 11.4 Å². The summed E-state index contributed by atoms with van der Waals surface area (Å²) in [7, 11) is 1.60. The van der Waals surface area contributed by atoms with E-state index >= 15 is 0 Å². The first kappa shape index (κ1) is 21.1. The standard InChI is InChI=1S/C20H19N5O4S/c1-3-12-24-19(14-4-10-17(29-2)11-5-14)22-23-20(24)30-13-18(26)21-15-6-8-16(9-7-15)25(27)28/h3-11H,1,12-13H2,2H3,(H,21,26). The SMILES string of the molecule is C=CCn1c(SCC(=O)Nc2ccc([N+](=O)[O-])cc2)nnc1-c1ccc(OC)cc1. The van der Waals surface area contributed by atoms with Crippen LogP contribution in [0.2, 0.25) is 0 Å². The molecule has 1 N–H and O–H groups in total. The van der Waals surface area contributed by atoms with Crippen molar-refractivity contribution in [1.29, 1.82) is 0 Å². The van der Waals surface area contributed by atoms with Crippen molar-refractivity contribution in [3.63, 3.8) is 0 Å². The van der Waals surface area contributed by atoms with E-state index in [1.165, 1.54) is 36.0 Å². The second-order valence-electron chi connectivity index (χ2n) is 6.07. The summed E-state index contributed by atoms with van der Waals surface area (Å²) in [4.78, 5) is 22.5. The predicted molar refractivity (Wildman–Crippen MR) is 115 cm³/mol. The number of allylic oxidation sites excluding steroid dienone is 1. The first-order valence-electron chi connectivity index (χ1n) is 8.87. The number of nitro benzene ring substituents is 1. The van der Waals surface area contributed by atoms with E-state index in [2.05, 4.69) is 22.1 Å². The number of ether oxygens (including phenoxy) is 1. The van der Waals surface area contributed by atoms with Crippen LogP contribution in [-0.2, 0) is 11.3 Å². The van der Waals surface area contributed by atoms with Crippen molar-refractivity contribution < 1.29 is 14.5 Å². The van der Waals surface area contributed by atoms with Gasteiger partial charge >= 0.3 is 0 Å². The molecule has 0 unspecified atom stereocenters. The third kappa shape index (κ3) is 5.03. The lowest BCUT2D eigenvalue weighted by Gasteiger charge is -2.09. The largest absolute Gasteiger partial charge is 0.497 e. The number of carbonyl (C=O) groups is 1. The zero-order valence-electron chi connectivity index (χ0n) is 16.1. The number of non-ortho nitro benzene ring substituents is 1. The zero-order valence-corrected chi connectivity index (χ0v) is 17.0. The smallest absolute Gasteiger partial charge is 0.269 e. The third-order valence-corrected chi connectivity index (χ3v) is 5.04. The topological polar surface area (TPSA) is 112 Å². The Morgan fingerprint density at radius 2 is 1.93 bits per heavy atom. The summed E-state index contributed by atoms with van der Waals surface area (Å²) in [6, 6.07) is 13.1. The van der Waals surface area contributed by atoms with Crippen molar-refractivity contribution in [2.24, 2.45) is 0 Å². The Labute approximate surface area is 176 Å². The van der Waals surface area contributed by atoms with E-state index in [-0.39, 0.29) is 17.3 Å². The second kappa shape index (κ2) is 9.70. The predicted octanol–water partition coefficient (Wildman–Crippen LogP) is 3.78. The molecular formula is C20H19N5O4S. The first-order valence-corrected chi connectivity index (χ1v) is 9.86. The molecule has 2 aromatic carbocycles. The highest BCUT2D eigenvalue weighted by Gasteiger charge is 2.15. The summed E-state index contributed by atoms with van der Waals surface area (Å²) in [5.74, 6) is 1.25. The van der Waals surface area contributed by atoms with Gasteiger partial charge in [-0.2, -0.15) is 0 Å². The molecule has 0 atom stereocenters. The molecule has 1 aromatic heterocycles. The fourth-order valence-corrected chi connectivity index (χ4v) is 3.38. The van der Waals surface area contributed by atoms with Crippen molar-refractivity contribution in [1.82, 2.24) is 14.8 Å². The van der Waals surface area contributed by atoms with E-state index in [1.807, 2.05) is 28.8 Å². The molecule has 10 heteroatoms. The van der Waals surface area contributed by atoms with Gasteiger partial charge in [-0.3, -0.25) is 19.5 Å². The normalized spacial score (nSPS) is 10.4. The maximum atomic E-state index is 12.3. The van der Waals surface area contributed by atoms with Crippen molar-refractivity contribution >= 4 is 29.0 Å². The summed E-state index contributed by atoms with van der Waals surface area (Å²) in [5, 5.41) is 22.5. The monoisotopic (exact) mass is 425 g/mol. The molecule has 30 heavy (non-hydrogen) atoms. The van der Waals surface area contributed by atoms with Crippen molar-refractivity contribution in [3.05, 3.63) is 71.3 Å². The molecule has 1 heterocycles. The zero-order chi connectivity index (χ0) is 21.5. The van der Waals surface area contributed by atoms with Gasteiger partial charge in [-0.05, 0) is 36.4 Å². The number of hydrogen-bond donors (Lipinski definition) is 1. The van der Waals surface area contributed by atoms with Gasteiger partial charge in [-0.25, -0.2) is 0 Å². The average molecular weight is 425 g/mol. The van der Waals surface area contributed by atoms with Gasteiger partial charge in [0.25, 0.3) is 5.69 Å². The van der Waals surface area contributed by atoms with Crippen molar-refractivity contribution in [2.75, 3.05) is 18.2 Å². The van der Waals surface area contributed by atoms with E-state index < -0.39 is 4.92 Å². The van der Waals surface area contributed by atoms with Gasteiger partial charge < -0.3 is 10.1 Å². The number of nitrogens with one attached hydrogen (secondary N) is 1. The van der Waals surface area contributed by atoms with Gasteiger partial charge in [0.2, 0.25) is 5.91 Å². The van der Waals surface area contributed by atoms with E-state index in [1.54, 1.807) is 13.2 Å². The Morgan fingerprint density at radius 3 is 2.53 bits per heavy atom. The molecule has 0 bridgehead atoms. The molecule has 154 valence electrons. The minimum absolute atomic E-state index is 0.0361. The van der Waals surface area contributed by atoms with Gasteiger partial charge in [0.15, 0.2) is 11.0 Å². The number of carbonyl (C=O) groups excluding carboxylic acids is 1. The van der Waals surface area contributed by atoms with Crippen LogP contribution in [0.15, 0.2) is 66.3 Å². The van der Waals surface area contributed by atoms with Crippen LogP contribution in [0.5, 0.6) is 5.75 Å². The highest BCUT2D eigenvalue weighted by Crippen LogP contribution is 2.26. The minimum Gasteiger partial charge on any atom is -0.497 e. The average Bonchev–Trinajstić information content (AvgIpc) is 3.15. The van der Waals surface area contributed by atoms with Gasteiger partial charge in [0.05, 0.1) is 17.8 Å². The lowest BCUT2D eigenvalue weighted by atomic mass is 10.2. The molecule has 3 rings (SSSR count). The molecule has 0 saturated heterocycles. The number of amides is 1. The Balaban J connectivity index is 1.68. The van der Waals surface area contributed by atoms with Crippen LogP contribution >= 0.6 is 11.8 Å². The first-order chi connectivity index (χ1) is 14.5. The second-order valence-corrected chi connectivity index (χ2v) is 7.02. The Kier molecular flexibility index (Phi) is 6.81. The number of rotatable bonds is 9. The molecule has 0 saturated carbocycles. The molecule has 0 aliphatic rings. The Bertz CT molecular complexity index is 1050. The fraction of sp³-hybridized carbons (Fsp3) is 0.150. The quantitative estimate of drug-likeness (QED) is 0.240. The molecule has 0 fully saturated rings. The molecule has 0 aliphatic carbocycles. The summed E-state index contributed by atoms with van der Waals surface area (Å²) in [5.41, 5.74) is 1.32. The third-order valence-electron chi connectivity index (χ3n) is 4.07. The summed E-state index contributed by atoms with van der Waals surface area (Å²) in [6.45, 7) is 4.26. The number of nitro groups is 1. The highest BCUT2D eigenvalue weighted by molar-refractivity contribution is 7.99. The molecule has 1 amide bonds. The fourth-order valence-electron chi connectivity index (χ4n) is 2.64. The van der Waals surface area contributed by atoms with Crippen LogP contribution in [0.3, 0.4) is 0 Å². The van der Waals surface area contributed by atoms with Crippen LogP contribution in [0, 0.1) is 10.1 Å². The lowest BCUT2D eigenvalue weighted by Crippen LogP contribution is -2.14. The number of nitrogens with zero attached hydrogens (tertiary/aromatic N) is 4. The molecule has 3 aromatic rings. The van der Waals surface area contributed by atoms with Gasteiger partial charge in [-0.1, -0.05) is 17.8 Å². The lowest BCUT2D eigenvalue weighted by molar-refractivity contribution is -0.384. The Morgan fingerprint density at radius 1 is 1.23 bits per heavy atom. The van der Waals surface area contributed by atoms with Crippen LogP contribution < -0.4 is 10.1 Å². The number of anilines is 1. The van der Waals surface area contributed by atoms with Gasteiger partial charge in [0.1, 0.15) is 5.75 Å². The van der Waals surface area contributed by atoms with Gasteiger partial charge in [-0.15, -0.1) is 16.8 Å². The van der Waals surface area contributed by atoms with E-state index in [0.29, 0.717) is 23.2 Å². The van der Waals surface area contributed by atoms with Crippen LogP contribution in [0.25, 0.3) is 11.4 Å². The molecule has 0 radical (unpaired) electrons. The minimum atomic E-state index is -0.492. The van der Waals surface area contributed by atoms with E-state index in [4.69, 9.17) is 4.74 Å². The molecular weight excluding hydrogens is 406 g/mol. The van der Waals surface area contributed by atoms with Gasteiger partial charge in [0, 0.05) is 29.9 Å². The van der Waals surface area contributed by atoms with Crippen LogP contribution in [0.1, 0.15) is 0 Å². The van der Waals surface area contributed by atoms with Crippen LogP contribution in [-0.4, -0.2) is 38.5 Å².